The Labute approximate surface area is 113 Å². The number of ether oxygens (including phenoxy) is 1. The second-order valence-corrected chi connectivity index (χ2v) is 7.24. The fourth-order valence-corrected chi connectivity index (χ4v) is 4.30. The molecule has 104 valence electrons. The first kappa shape index (κ1) is 12.9. The second kappa shape index (κ2) is 4.77. The van der Waals surface area contributed by atoms with Crippen LogP contribution in [0.25, 0.3) is 0 Å². The fourth-order valence-electron chi connectivity index (χ4n) is 2.72. The molecule has 1 aromatic carbocycles. The van der Waals surface area contributed by atoms with Gasteiger partial charge >= 0.3 is 0 Å². The van der Waals surface area contributed by atoms with Gasteiger partial charge in [0.15, 0.2) is 0 Å². The molecule has 2 N–H and O–H groups in total. The van der Waals surface area contributed by atoms with Crippen LogP contribution in [0.2, 0.25) is 0 Å². The molecule has 2 fully saturated rings. The molecule has 0 spiro atoms. The molecule has 0 aromatic heterocycles. The molecule has 2 aliphatic heterocycles. The van der Waals surface area contributed by atoms with E-state index in [1.807, 2.05) is 0 Å². The van der Waals surface area contributed by atoms with E-state index in [-0.39, 0.29) is 18.0 Å². The molecule has 0 saturated carbocycles. The maximum absolute atomic E-state index is 12.4. The predicted molar refractivity (Wildman–Crippen MR) is 72.9 cm³/mol. The van der Waals surface area contributed by atoms with Gasteiger partial charge in [-0.2, -0.15) is 4.31 Å². The highest BCUT2D eigenvalue weighted by Gasteiger charge is 2.38. The summed E-state index contributed by atoms with van der Waals surface area (Å²) in [7, 11) is -3.26. The molecular formula is C13H18N2O3S. The van der Waals surface area contributed by atoms with Gasteiger partial charge in [0.2, 0.25) is 10.0 Å². The van der Waals surface area contributed by atoms with Crippen LogP contribution in [0.3, 0.4) is 0 Å². The number of sulfonamides is 1. The van der Waals surface area contributed by atoms with Crippen molar-refractivity contribution in [2.45, 2.75) is 30.8 Å². The van der Waals surface area contributed by atoms with E-state index in [4.69, 9.17) is 10.5 Å². The van der Waals surface area contributed by atoms with Crippen LogP contribution in [-0.4, -0.2) is 38.0 Å². The Hall–Kier alpha value is -1.11. The summed E-state index contributed by atoms with van der Waals surface area (Å²) in [4.78, 5) is 0. The summed E-state index contributed by atoms with van der Waals surface area (Å²) in [5.41, 5.74) is 7.02. The van der Waals surface area contributed by atoms with Crippen molar-refractivity contribution in [2.75, 3.05) is 18.8 Å². The number of morpholine rings is 1. The van der Waals surface area contributed by atoms with Crippen molar-refractivity contribution in [1.82, 2.24) is 4.31 Å². The van der Waals surface area contributed by atoms with Gasteiger partial charge in [-0.3, -0.25) is 0 Å². The zero-order valence-corrected chi connectivity index (χ0v) is 11.5. The third-order valence-electron chi connectivity index (χ3n) is 3.73. The molecule has 0 amide bonds. The van der Waals surface area contributed by atoms with Gasteiger partial charge in [-0.05, 0) is 30.5 Å². The van der Waals surface area contributed by atoms with Crippen molar-refractivity contribution in [3.05, 3.63) is 29.8 Å². The molecule has 0 radical (unpaired) electrons. The number of nitrogen functional groups attached to an aromatic ring is 1. The van der Waals surface area contributed by atoms with Crippen LogP contribution in [0.4, 0.5) is 5.69 Å². The topological polar surface area (TPSA) is 72.6 Å². The van der Waals surface area contributed by atoms with E-state index in [0.29, 0.717) is 18.8 Å². The Kier molecular flexibility index (Phi) is 3.24. The van der Waals surface area contributed by atoms with Gasteiger partial charge < -0.3 is 10.5 Å². The molecule has 3 rings (SSSR count). The van der Waals surface area contributed by atoms with Crippen LogP contribution in [0, 0.1) is 0 Å². The quantitative estimate of drug-likeness (QED) is 0.838. The smallest absolute Gasteiger partial charge is 0.218 e. The van der Waals surface area contributed by atoms with E-state index in [1.165, 1.54) is 0 Å². The summed E-state index contributed by atoms with van der Waals surface area (Å²) in [5.74, 6) is 0.0344. The molecule has 2 bridgehead atoms. The first-order chi connectivity index (χ1) is 9.03. The van der Waals surface area contributed by atoms with Gasteiger partial charge in [0.25, 0.3) is 0 Å². The lowest BCUT2D eigenvalue weighted by atomic mass is 10.2. The third-order valence-corrected chi connectivity index (χ3v) is 5.52. The average molecular weight is 282 g/mol. The number of hydrogen-bond donors (Lipinski definition) is 1. The van der Waals surface area contributed by atoms with Crippen molar-refractivity contribution >= 4 is 15.7 Å². The predicted octanol–water partition coefficient (Wildman–Crippen LogP) is 0.962. The number of hydrogen-bond acceptors (Lipinski definition) is 4. The molecular weight excluding hydrogens is 264 g/mol. The molecule has 2 atom stereocenters. The highest BCUT2D eigenvalue weighted by molar-refractivity contribution is 7.88. The lowest BCUT2D eigenvalue weighted by molar-refractivity contribution is -0.0115. The summed E-state index contributed by atoms with van der Waals surface area (Å²) < 4.78 is 32.0. The van der Waals surface area contributed by atoms with E-state index >= 15 is 0 Å². The number of benzene rings is 1. The number of rotatable bonds is 3. The Morgan fingerprint density at radius 2 is 1.74 bits per heavy atom. The van der Waals surface area contributed by atoms with Gasteiger partial charge in [0.05, 0.1) is 18.0 Å². The van der Waals surface area contributed by atoms with Crippen molar-refractivity contribution in [3.63, 3.8) is 0 Å². The van der Waals surface area contributed by atoms with E-state index in [1.54, 1.807) is 28.6 Å². The Morgan fingerprint density at radius 1 is 1.16 bits per heavy atom. The molecule has 5 nitrogen and oxygen atoms in total. The molecule has 2 saturated heterocycles. The zero-order chi connectivity index (χ0) is 13.5. The minimum absolute atomic E-state index is 0.0344. The van der Waals surface area contributed by atoms with Crippen LogP contribution < -0.4 is 5.73 Å². The molecule has 19 heavy (non-hydrogen) atoms. The minimum Gasteiger partial charge on any atom is -0.399 e. The molecule has 6 heteroatoms. The lowest BCUT2D eigenvalue weighted by Crippen LogP contribution is -2.46. The highest BCUT2D eigenvalue weighted by Crippen LogP contribution is 2.28. The summed E-state index contributed by atoms with van der Waals surface area (Å²) in [5, 5.41) is 0. The van der Waals surface area contributed by atoms with Crippen LogP contribution in [0.5, 0.6) is 0 Å². The lowest BCUT2D eigenvalue weighted by Gasteiger charge is -2.31. The van der Waals surface area contributed by atoms with Crippen molar-refractivity contribution in [1.29, 1.82) is 0 Å². The number of anilines is 1. The van der Waals surface area contributed by atoms with Gasteiger partial charge in [0, 0.05) is 18.8 Å². The van der Waals surface area contributed by atoms with Gasteiger partial charge in [0.1, 0.15) is 0 Å². The SMILES string of the molecule is Nc1ccc(CS(=O)(=O)N2CC3CCC(C2)O3)cc1. The van der Waals surface area contributed by atoms with Crippen LogP contribution in [-0.2, 0) is 20.5 Å². The Bertz CT molecular complexity index is 544. The maximum atomic E-state index is 12.4. The summed E-state index contributed by atoms with van der Waals surface area (Å²) in [6, 6.07) is 6.99. The monoisotopic (exact) mass is 282 g/mol. The zero-order valence-electron chi connectivity index (χ0n) is 10.7. The first-order valence-corrected chi connectivity index (χ1v) is 8.11. The van der Waals surface area contributed by atoms with E-state index < -0.39 is 10.0 Å². The molecule has 2 unspecified atom stereocenters. The third kappa shape index (κ3) is 2.75. The summed E-state index contributed by atoms with van der Waals surface area (Å²) in [6.45, 7) is 0.988. The second-order valence-electron chi connectivity index (χ2n) is 5.27. The molecule has 1 aromatic rings. The van der Waals surface area contributed by atoms with Gasteiger partial charge in [-0.1, -0.05) is 12.1 Å². The summed E-state index contributed by atoms with van der Waals surface area (Å²) >= 11 is 0. The van der Waals surface area contributed by atoms with Crippen LogP contribution >= 0.6 is 0 Å². The van der Waals surface area contributed by atoms with Crippen molar-refractivity contribution < 1.29 is 13.2 Å². The molecule has 2 heterocycles. The largest absolute Gasteiger partial charge is 0.399 e. The van der Waals surface area contributed by atoms with Crippen molar-refractivity contribution in [2.24, 2.45) is 0 Å². The van der Waals surface area contributed by atoms with E-state index in [0.717, 1.165) is 18.4 Å². The standard InChI is InChI=1S/C13H18N2O3S/c14-11-3-1-10(2-4-11)9-19(16,17)15-7-12-5-6-13(8-15)18-12/h1-4,12-13H,5-9,14H2. The minimum atomic E-state index is -3.26. The normalized spacial score (nSPS) is 27.6. The summed E-state index contributed by atoms with van der Waals surface area (Å²) in [6.07, 6.45) is 2.11. The number of nitrogens with zero attached hydrogens (tertiary/aromatic N) is 1. The average Bonchev–Trinajstić information content (AvgIpc) is 2.71. The van der Waals surface area contributed by atoms with Crippen molar-refractivity contribution in [3.8, 4) is 0 Å². The Balaban J connectivity index is 1.74. The molecule has 2 aliphatic rings. The Morgan fingerprint density at radius 3 is 2.32 bits per heavy atom. The maximum Gasteiger partial charge on any atom is 0.218 e. The fraction of sp³-hybridized carbons (Fsp3) is 0.538. The van der Waals surface area contributed by atoms with Crippen LogP contribution in [0.15, 0.2) is 24.3 Å². The van der Waals surface area contributed by atoms with E-state index in [9.17, 15) is 8.42 Å². The van der Waals surface area contributed by atoms with E-state index in [2.05, 4.69) is 0 Å². The van der Waals surface area contributed by atoms with Crippen LogP contribution in [0.1, 0.15) is 18.4 Å². The van der Waals surface area contributed by atoms with Gasteiger partial charge in [-0.25, -0.2) is 8.42 Å². The van der Waals surface area contributed by atoms with Gasteiger partial charge in [-0.15, -0.1) is 0 Å². The molecule has 0 aliphatic carbocycles. The first-order valence-electron chi connectivity index (χ1n) is 6.51. The highest BCUT2D eigenvalue weighted by atomic mass is 32.2. The number of fused-ring (bicyclic) bond motifs is 2. The number of nitrogens with two attached hydrogens (primary N) is 1.